The van der Waals surface area contributed by atoms with Crippen LogP contribution in [0.4, 0.5) is 0 Å². The number of ether oxygens (including phenoxy) is 7. The molecule has 0 aliphatic carbocycles. The Labute approximate surface area is 780 Å². The molecule has 29 heteroatoms. The Balaban J connectivity index is 2.78. The molecule has 10 unspecified atom stereocenters. The lowest BCUT2D eigenvalue weighted by molar-refractivity contribution is -0.296. The predicted molar refractivity (Wildman–Crippen MR) is 508 cm³/mol. The number of carbonyl (C=O) groups is 6. The van der Waals surface area contributed by atoms with E-state index in [0.717, 1.165) is 250 Å². The molecule has 27 nitrogen and oxygen atoms in total. The highest BCUT2D eigenvalue weighted by molar-refractivity contribution is 7.46. The lowest BCUT2D eigenvalue weighted by atomic mass is 9.95. The van der Waals surface area contributed by atoms with E-state index in [1.165, 1.54) is 96.3 Å². The van der Waals surface area contributed by atoms with Crippen molar-refractivity contribution in [3.05, 3.63) is 12.2 Å². The SMILES string of the molecule is CCCCCC/C=C\CCCCCCCC(=O)OC(CCCCCCCCCCC)CC(=O)N[C@H]1C(OC(=O)CC(O)CCCCCCCCCCC)C(OP(=O)(O)O)C(CO)O[C@H]1OCC1OC(OP(=O)(O)O)[C@@H](NC(=O)CC(CCCCCCCCCCC)OC(=O)CCCCCCCCCCCCCCC)C(OC(=O)CC(O)CCCCCCCCCCC)[C@@H]1O. The number of phosphoric ester groups is 2. The van der Waals surface area contributed by atoms with Crippen LogP contribution < -0.4 is 10.6 Å². The lowest BCUT2D eigenvalue weighted by Crippen LogP contribution is -2.68. The average molecular weight is 1880 g/mol. The molecule has 14 atom stereocenters. The second-order valence-electron chi connectivity index (χ2n) is 37.3. The number of rotatable bonds is 89. The lowest BCUT2D eigenvalue weighted by Gasteiger charge is -2.47. The van der Waals surface area contributed by atoms with Gasteiger partial charge in [-0.3, -0.25) is 37.8 Å². The van der Waals surface area contributed by atoms with Gasteiger partial charge in [0.25, 0.3) is 0 Å². The largest absolute Gasteiger partial charge is 0.472 e. The molecule has 0 aromatic carbocycles. The van der Waals surface area contributed by atoms with Gasteiger partial charge in [0, 0.05) is 12.8 Å². The van der Waals surface area contributed by atoms with Gasteiger partial charge >= 0.3 is 39.5 Å². The topological polar surface area (TPSA) is 406 Å². The van der Waals surface area contributed by atoms with Gasteiger partial charge in [-0.25, -0.2) is 9.13 Å². The summed E-state index contributed by atoms with van der Waals surface area (Å²) in [5.74, 6) is -5.02. The third kappa shape index (κ3) is 66.6. The Morgan fingerprint density at radius 3 is 0.961 bits per heavy atom. The summed E-state index contributed by atoms with van der Waals surface area (Å²) in [5, 5.41) is 52.0. The van der Waals surface area contributed by atoms with Crippen molar-refractivity contribution >= 4 is 51.3 Å². The molecule has 10 N–H and O–H groups in total. The third-order valence-corrected chi connectivity index (χ3v) is 26.0. The summed E-state index contributed by atoms with van der Waals surface area (Å²) in [6.07, 6.45) is 43.3. The maximum Gasteiger partial charge on any atom is 0.472 e. The van der Waals surface area contributed by atoms with Gasteiger partial charge in [-0.2, -0.15) is 0 Å². The van der Waals surface area contributed by atoms with Gasteiger partial charge in [0.15, 0.2) is 24.8 Å². The summed E-state index contributed by atoms with van der Waals surface area (Å²) in [5.41, 5.74) is 0. The van der Waals surface area contributed by atoms with Crippen molar-refractivity contribution in [1.82, 2.24) is 10.6 Å². The van der Waals surface area contributed by atoms with Crippen LogP contribution in [0.2, 0.25) is 0 Å². The summed E-state index contributed by atoms with van der Waals surface area (Å²) >= 11 is 0. The Hall–Kier alpha value is -3.50. The number of esters is 4. The smallest absolute Gasteiger partial charge is 0.462 e. The highest BCUT2D eigenvalue weighted by Gasteiger charge is 2.55. The standard InChI is InChI=1S/C100H188N2O25P2/c1-7-13-19-25-31-37-39-41-43-49-55-61-67-73-89(108)120-83(71-65-59-53-47-35-29-23-17-11-5)77-87(106)101-93-97(124-91(110)75-81(104)69-63-57-51-45-33-27-21-15-9-3)95(112)86(123-100(93)127-129(116,117)118)80-119-99-94(98(96(85(79-103)122-99)126-128(113,114)115)125-92(111)76-82(105)70-64-58-52-46-34-28-22-16-10-4)102-88(107)78-84(72-66-60-54-48-36-30-24-18-12-6)121-90(109)74-68-62-56-50-44-42-40-38-32-26-20-14-8-2/h38,40,81-86,93-100,103-105,112H,7-37,39,41-80H2,1-6H3,(H,101,106)(H,102,107)(H2,113,114,115)(H2,116,117,118)/b40-38-/t81?,82?,83?,84?,85?,86?,93-,94-,95+,96?,97?,98?,99+,100?/m0/s1. The minimum atomic E-state index is -5.72. The number of hydrogen-bond donors (Lipinski definition) is 10. The highest BCUT2D eigenvalue weighted by atomic mass is 31.2. The van der Waals surface area contributed by atoms with Gasteiger partial charge in [-0.15, -0.1) is 0 Å². The van der Waals surface area contributed by atoms with Crippen molar-refractivity contribution in [2.75, 3.05) is 13.2 Å². The number of carbonyl (C=O) groups excluding carboxylic acids is 6. The normalized spacial score (nSPS) is 20.0. The van der Waals surface area contributed by atoms with E-state index in [4.69, 9.17) is 42.2 Å². The summed E-state index contributed by atoms with van der Waals surface area (Å²) in [6, 6.07) is -3.88. The number of allylic oxidation sites excluding steroid dienone is 2. The molecule has 0 aromatic heterocycles. The number of aliphatic hydroxyl groups excluding tert-OH is 4. The molecule has 2 rings (SSSR count). The monoisotopic (exact) mass is 1880 g/mol. The van der Waals surface area contributed by atoms with Crippen LogP contribution in [0.5, 0.6) is 0 Å². The molecular formula is C100H188N2O25P2. The van der Waals surface area contributed by atoms with Gasteiger partial charge in [-0.1, -0.05) is 388 Å². The Kier molecular flexibility index (Phi) is 75.9. The first-order chi connectivity index (χ1) is 62.3. The van der Waals surface area contributed by atoms with E-state index >= 15 is 4.79 Å². The van der Waals surface area contributed by atoms with Crippen LogP contribution in [-0.2, 0) is 80.1 Å². The molecule has 758 valence electrons. The van der Waals surface area contributed by atoms with Crippen LogP contribution in [0, 0.1) is 0 Å². The van der Waals surface area contributed by atoms with Crippen LogP contribution in [0.15, 0.2) is 12.2 Å². The van der Waals surface area contributed by atoms with Gasteiger partial charge in [0.1, 0.15) is 48.7 Å². The van der Waals surface area contributed by atoms with E-state index in [0.29, 0.717) is 38.5 Å². The third-order valence-electron chi connectivity index (χ3n) is 25.0. The molecule has 0 saturated carbocycles. The Morgan fingerprint density at radius 1 is 0.341 bits per heavy atom. The zero-order valence-corrected chi connectivity index (χ0v) is 83.4. The molecule has 0 radical (unpaired) electrons. The van der Waals surface area contributed by atoms with E-state index in [1.54, 1.807) is 0 Å². The van der Waals surface area contributed by atoms with Crippen LogP contribution >= 0.6 is 15.6 Å². The summed E-state index contributed by atoms with van der Waals surface area (Å²) in [4.78, 5) is 129. The van der Waals surface area contributed by atoms with Crippen molar-refractivity contribution in [1.29, 1.82) is 0 Å². The van der Waals surface area contributed by atoms with E-state index in [2.05, 4.69) is 64.3 Å². The van der Waals surface area contributed by atoms with Gasteiger partial charge in [0.05, 0.1) is 51.1 Å². The Bertz CT molecular complexity index is 2870. The first-order valence-corrected chi connectivity index (χ1v) is 55.4. The van der Waals surface area contributed by atoms with Gasteiger partial charge < -0.3 is 83.8 Å². The quantitative estimate of drug-likeness (QED) is 0.00889. The fourth-order valence-electron chi connectivity index (χ4n) is 17.3. The number of amides is 2. The average Bonchev–Trinajstić information content (AvgIpc) is 0.781. The first kappa shape index (κ1) is 122. The van der Waals surface area contributed by atoms with Crippen molar-refractivity contribution in [2.45, 2.75) is 577 Å². The molecule has 2 heterocycles. The zero-order valence-electron chi connectivity index (χ0n) is 81.6. The molecule has 2 aliphatic rings. The van der Waals surface area contributed by atoms with Crippen LogP contribution in [0.1, 0.15) is 491 Å². The maximum atomic E-state index is 15.1. The van der Waals surface area contributed by atoms with Crippen LogP contribution in [0.3, 0.4) is 0 Å². The predicted octanol–water partition coefficient (Wildman–Crippen LogP) is 22.7. The molecule has 0 spiro atoms. The molecule has 129 heavy (non-hydrogen) atoms. The molecule has 2 saturated heterocycles. The van der Waals surface area contributed by atoms with Gasteiger partial charge in [-0.05, 0) is 77.0 Å². The van der Waals surface area contributed by atoms with E-state index in [9.17, 15) is 73.1 Å². The van der Waals surface area contributed by atoms with Crippen molar-refractivity contribution in [2.24, 2.45) is 0 Å². The summed E-state index contributed by atoms with van der Waals surface area (Å²) in [6.45, 7) is 10.9. The minimum absolute atomic E-state index is 0.0766. The molecule has 2 fully saturated rings. The highest BCUT2D eigenvalue weighted by Crippen LogP contribution is 2.44. The molecule has 2 aliphatic heterocycles. The molecule has 2 amide bonds. The fraction of sp³-hybridized carbons (Fsp3) is 0.920. The Morgan fingerprint density at radius 2 is 0.628 bits per heavy atom. The second kappa shape index (κ2) is 80.6. The van der Waals surface area contributed by atoms with E-state index in [-0.39, 0.29) is 38.5 Å². The number of hydrogen-bond acceptors (Lipinski definition) is 21. The van der Waals surface area contributed by atoms with Crippen molar-refractivity contribution < 1.29 is 120 Å². The summed E-state index contributed by atoms with van der Waals surface area (Å²) in [7, 11) is -11.4. The number of phosphoric acid groups is 2. The zero-order chi connectivity index (χ0) is 94.7. The fourth-order valence-corrected chi connectivity index (χ4v) is 18.4. The maximum absolute atomic E-state index is 15.1. The summed E-state index contributed by atoms with van der Waals surface area (Å²) < 4.78 is 80.1. The number of nitrogens with one attached hydrogen (secondary N) is 2. The van der Waals surface area contributed by atoms with Crippen molar-refractivity contribution in [3.8, 4) is 0 Å². The van der Waals surface area contributed by atoms with Crippen LogP contribution in [0.25, 0.3) is 0 Å². The first-order valence-electron chi connectivity index (χ1n) is 52.4. The van der Waals surface area contributed by atoms with Crippen molar-refractivity contribution in [3.63, 3.8) is 0 Å². The number of aliphatic hydroxyl groups is 4. The van der Waals surface area contributed by atoms with Gasteiger partial charge in [0.2, 0.25) is 11.8 Å². The number of unbranched alkanes of at least 4 members (excludes halogenated alkanes) is 53. The second-order valence-corrected chi connectivity index (χ2v) is 39.7. The molecule has 0 bridgehead atoms. The molecule has 0 aromatic rings. The van der Waals surface area contributed by atoms with Crippen LogP contribution in [-0.4, -0.2) is 175 Å². The van der Waals surface area contributed by atoms with E-state index in [1.807, 2.05) is 0 Å². The van der Waals surface area contributed by atoms with E-state index < -0.39 is 176 Å². The molecular weight excluding hydrogens is 1690 g/mol. The minimum Gasteiger partial charge on any atom is -0.462 e.